The molecule has 142 valence electrons. The minimum atomic E-state index is 0.480. The standard InChI is InChI=1S/C21H16N6OS/c1-28-16-9-7-15(8-10-16)18-13-29-21-23-20(26-27(18)21)22-19-12-11-17(24-25-19)14-5-3-2-4-6-14/h2-13H,1H3,(H,22,25,26). The van der Waals surface area contributed by atoms with Crippen molar-refractivity contribution in [3.63, 3.8) is 0 Å². The molecule has 7 nitrogen and oxygen atoms in total. The zero-order valence-corrected chi connectivity index (χ0v) is 16.3. The van der Waals surface area contributed by atoms with Crippen molar-refractivity contribution in [2.45, 2.75) is 0 Å². The molecular weight excluding hydrogens is 384 g/mol. The summed E-state index contributed by atoms with van der Waals surface area (Å²) in [6.07, 6.45) is 0. The number of thiazole rings is 1. The molecule has 29 heavy (non-hydrogen) atoms. The van der Waals surface area contributed by atoms with Crippen LogP contribution in [0.5, 0.6) is 5.75 Å². The lowest BCUT2D eigenvalue weighted by atomic mass is 10.1. The summed E-state index contributed by atoms with van der Waals surface area (Å²) in [5, 5.41) is 18.3. The number of anilines is 2. The third kappa shape index (κ3) is 3.41. The first kappa shape index (κ1) is 17.3. The first-order valence-corrected chi connectivity index (χ1v) is 9.83. The Morgan fingerprint density at radius 3 is 2.45 bits per heavy atom. The molecule has 0 radical (unpaired) electrons. The van der Waals surface area contributed by atoms with Gasteiger partial charge in [0.2, 0.25) is 10.9 Å². The van der Waals surface area contributed by atoms with E-state index >= 15 is 0 Å². The Balaban J connectivity index is 1.39. The van der Waals surface area contributed by atoms with Crippen LogP contribution >= 0.6 is 11.3 Å². The molecule has 2 aromatic carbocycles. The van der Waals surface area contributed by atoms with Crippen LogP contribution in [0.4, 0.5) is 11.8 Å². The second-order valence-electron chi connectivity index (χ2n) is 6.27. The predicted molar refractivity (Wildman–Crippen MR) is 114 cm³/mol. The molecule has 0 spiro atoms. The van der Waals surface area contributed by atoms with Gasteiger partial charge in [0.1, 0.15) is 5.75 Å². The van der Waals surface area contributed by atoms with Crippen molar-refractivity contribution in [3.8, 4) is 28.3 Å². The molecule has 5 aromatic rings. The van der Waals surface area contributed by atoms with Crippen LogP contribution in [-0.2, 0) is 0 Å². The molecule has 0 amide bonds. The van der Waals surface area contributed by atoms with E-state index in [9.17, 15) is 0 Å². The van der Waals surface area contributed by atoms with Crippen molar-refractivity contribution in [1.82, 2.24) is 24.8 Å². The van der Waals surface area contributed by atoms with E-state index in [2.05, 4.69) is 25.6 Å². The third-order valence-corrected chi connectivity index (χ3v) is 5.26. The lowest BCUT2D eigenvalue weighted by Gasteiger charge is -2.03. The monoisotopic (exact) mass is 400 g/mol. The average molecular weight is 400 g/mol. The Hall–Kier alpha value is -3.78. The van der Waals surface area contributed by atoms with Gasteiger partial charge in [0, 0.05) is 16.5 Å². The van der Waals surface area contributed by atoms with E-state index in [4.69, 9.17) is 4.74 Å². The van der Waals surface area contributed by atoms with Gasteiger partial charge in [-0.15, -0.1) is 26.6 Å². The highest BCUT2D eigenvalue weighted by Gasteiger charge is 2.12. The van der Waals surface area contributed by atoms with Crippen LogP contribution in [0.1, 0.15) is 0 Å². The number of benzene rings is 2. The van der Waals surface area contributed by atoms with Gasteiger partial charge in [-0.3, -0.25) is 0 Å². The SMILES string of the molecule is COc1ccc(-c2csc3nc(Nc4ccc(-c5ccccc5)nn4)nn23)cc1. The van der Waals surface area contributed by atoms with Crippen molar-refractivity contribution >= 4 is 28.1 Å². The van der Waals surface area contributed by atoms with Crippen LogP contribution in [0.2, 0.25) is 0 Å². The number of aromatic nitrogens is 5. The van der Waals surface area contributed by atoms with E-state index < -0.39 is 0 Å². The van der Waals surface area contributed by atoms with E-state index in [1.165, 1.54) is 11.3 Å². The number of nitrogens with zero attached hydrogens (tertiary/aromatic N) is 5. The van der Waals surface area contributed by atoms with Gasteiger partial charge in [-0.25, -0.2) is 4.52 Å². The summed E-state index contributed by atoms with van der Waals surface area (Å²) in [4.78, 5) is 5.33. The Morgan fingerprint density at radius 2 is 1.72 bits per heavy atom. The number of fused-ring (bicyclic) bond motifs is 1. The highest BCUT2D eigenvalue weighted by Crippen LogP contribution is 2.28. The molecule has 0 saturated heterocycles. The number of hydrogen-bond donors (Lipinski definition) is 1. The fraction of sp³-hybridized carbons (Fsp3) is 0.0476. The summed E-state index contributed by atoms with van der Waals surface area (Å²) in [5.74, 6) is 1.89. The van der Waals surface area contributed by atoms with E-state index in [1.54, 1.807) is 7.11 Å². The second kappa shape index (κ2) is 7.33. The molecule has 3 aromatic heterocycles. The molecule has 8 heteroatoms. The smallest absolute Gasteiger partial charge is 0.249 e. The molecule has 3 heterocycles. The van der Waals surface area contributed by atoms with Gasteiger partial charge < -0.3 is 10.1 Å². The molecule has 0 aliphatic carbocycles. The van der Waals surface area contributed by atoms with Crippen molar-refractivity contribution in [3.05, 3.63) is 72.1 Å². The van der Waals surface area contributed by atoms with Gasteiger partial charge in [-0.05, 0) is 36.4 Å². The van der Waals surface area contributed by atoms with E-state index in [0.29, 0.717) is 11.8 Å². The van der Waals surface area contributed by atoms with Crippen LogP contribution in [0.3, 0.4) is 0 Å². The predicted octanol–water partition coefficient (Wildman–Crippen LogP) is 4.67. The maximum absolute atomic E-state index is 5.23. The second-order valence-corrected chi connectivity index (χ2v) is 7.11. The quantitative estimate of drug-likeness (QED) is 0.462. The maximum atomic E-state index is 5.23. The summed E-state index contributed by atoms with van der Waals surface area (Å²) in [6.45, 7) is 0. The zero-order valence-electron chi connectivity index (χ0n) is 15.5. The van der Waals surface area contributed by atoms with Crippen LogP contribution in [0, 0.1) is 0 Å². The molecule has 0 saturated carbocycles. The molecule has 0 aliphatic rings. The van der Waals surface area contributed by atoms with E-state index in [0.717, 1.165) is 33.2 Å². The minimum Gasteiger partial charge on any atom is -0.497 e. The van der Waals surface area contributed by atoms with Gasteiger partial charge in [0.25, 0.3) is 0 Å². The Labute approximate surface area is 170 Å². The largest absolute Gasteiger partial charge is 0.497 e. The summed E-state index contributed by atoms with van der Waals surface area (Å²) >= 11 is 1.53. The lowest BCUT2D eigenvalue weighted by molar-refractivity contribution is 0.415. The third-order valence-electron chi connectivity index (χ3n) is 4.44. The molecule has 0 unspecified atom stereocenters. The number of methoxy groups -OCH3 is 1. The normalized spacial score (nSPS) is 10.9. The summed E-state index contributed by atoms with van der Waals surface area (Å²) in [6, 6.07) is 21.6. The molecule has 0 atom stereocenters. The van der Waals surface area contributed by atoms with Crippen molar-refractivity contribution < 1.29 is 4.74 Å². The summed E-state index contributed by atoms with van der Waals surface area (Å²) in [7, 11) is 1.66. The number of rotatable bonds is 5. The van der Waals surface area contributed by atoms with Crippen LogP contribution in [-0.4, -0.2) is 31.9 Å². The van der Waals surface area contributed by atoms with Crippen LogP contribution in [0.25, 0.3) is 27.5 Å². The first-order valence-electron chi connectivity index (χ1n) is 8.95. The van der Waals surface area contributed by atoms with Gasteiger partial charge >= 0.3 is 0 Å². The van der Waals surface area contributed by atoms with Crippen LogP contribution < -0.4 is 10.1 Å². The topological polar surface area (TPSA) is 77.2 Å². The Kier molecular flexibility index (Phi) is 4.38. The maximum Gasteiger partial charge on any atom is 0.249 e. The van der Waals surface area contributed by atoms with Crippen molar-refractivity contribution in [2.24, 2.45) is 0 Å². The highest BCUT2D eigenvalue weighted by molar-refractivity contribution is 7.15. The zero-order chi connectivity index (χ0) is 19.6. The van der Waals surface area contributed by atoms with Gasteiger partial charge in [0.05, 0.1) is 18.5 Å². The van der Waals surface area contributed by atoms with Crippen LogP contribution in [0.15, 0.2) is 72.1 Å². The molecule has 0 aliphatic heterocycles. The van der Waals surface area contributed by atoms with Gasteiger partial charge in [-0.1, -0.05) is 30.3 Å². The molecular formula is C21H16N6OS. The fourth-order valence-electron chi connectivity index (χ4n) is 2.97. The fourth-order valence-corrected chi connectivity index (χ4v) is 3.80. The molecule has 0 bridgehead atoms. The minimum absolute atomic E-state index is 0.480. The Morgan fingerprint density at radius 1 is 0.897 bits per heavy atom. The highest BCUT2D eigenvalue weighted by atomic mass is 32.1. The number of nitrogens with one attached hydrogen (secondary N) is 1. The van der Waals surface area contributed by atoms with E-state index in [1.807, 2.05) is 76.6 Å². The van der Waals surface area contributed by atoms with Gasteiger partial charge in [-0.2, -0.15) is 4.98 Å². The molecule has 0 fully saturated rings. The van der Waals surface area contributed by atoms with Crippen molar-refractivity contribution in [1.29, 1.82) is 0 Å². The average Bonchev–Trinajstić information content (AvgIpc) is 3.35. The Bertz CT molecular complexity index is 1250. The number of ether oxygens (including phenoxy) is 1. The van der Waals surface area contributed by atoms with Gasteiger partial charge in [0.15, 0.2) is 5.82 Å². The van der Waals surface area contributed by atoms with E-state index in [-0.39, 0.29) is 0 Å². The molecule has 5 rings (SSSR count). The van der Waals surface area contributed by atoms with Crippen molar-refractivity contribution in [2.75, 3.05) is 12.4 Å². The first-order chi connectivity index (χ1) is 14.3. The summed E-state index contributed by atoms with van der Waals surface area (Å²) in [5.41, 5.74) is 3.85. The number of hydrogen-bond acceptors (Lipinski definition) is 7. The molecule has 1 N–H and O–H groups in total. The summed E-state index contributed by atoms with van der Waals surface area (Å²) < 4.78 is 7.05. The lowest BCUT2D eigenvalue weighted by Crippen LogP contribution is -1.98.